The zero-order valence-corrected chi connectivity index (χ0v) is 14.9. The number of carbonyl (C=O) groups excluding carboxylic acids is 1. The fraction of sp³-hybridized carbons (Fsp3) is 0.529. The van der Waals surface area contributed by atoms with Gasteiger partial charge in [0.2, 0.25) is 5.91 Å². The summed E-state index contributed by atoms with van der Waals surface area (Å²) in [6, 6.07) is 0. The molecule has 0 aliphatic carbocycles. The predicted octanol–water partition coefficient (Wildman–Crippen LogP) is 3.43. The molecule has 3 heterocycles. The molecule has 2 aromatic heterocycles. The van der Waals surface area contributed by atoms with Crippen LogP contribution in [0.2, 0.25) is 0 Å². The Bertz CT molecular complexity index is 656. The number of amides is 1. The number of nitrogens with one attached hydrogen (secondary N) is 1. The van der Waals surface area contributed by atoms with Crippen LogP contribution in [-0.2, 0) is 4.79 Å². The zero-order chi connectivity index (χ0) is 16.9. The Balaban J connectivity index is 1.62. The van der Waals surface area contributed by atoms with Crippen LogP contribution in [-0.4, -0.2) is 38.8 Å². The predicted molar refractivity (Wildman–Crippen MR) is 95.4 cm³/mol. The Morgan fingerprint density at radius 2 is 2.25 bits per heavy atom. The van der Waals surface area contributed by atoms with E-state index >= 15 is 0 Å². The first-order valence-electron chi connectivity index (χ1n) is 8.38. The summed E-state index contributed by atoms with van der Waals surface area (Å²) in [5.74, 6) is 1.62. The maximum atomic E-state index is 12.3. The lowest BCUT2D eigenvalue weighted by atomic mass is 9.94. The molecule has 1 unspecified atom stereocenters. The molecule has 1 saturated heterocycles. The second kappa shape index (κ2) is 7.70. The van der Waals surface area contributed by atoms with E-state index in [1.165, 1.54) is 11.3 Å². The van der Waals surface area contributed by atoms with Gasteiger partial charge < -0.3 is 10.2 Å². The van der Waals surface area contributed by atoms with Crippen molar-refractivity contribution in [3.8, 4) is 0 Å². The van der Waals surface area contributed by atoms with Crippen LogP contribution < -0.4 is 5.32 Å². The Hall–Kier alpha value is -2.02. The average Bonchev–Trinajstić information content (AvgIpc) is 3.08. The highest BCUT2D eigenvalue weighted by molar-refractivity contribution is 7.13. The molecule has 0 aromatic carbocycles. The van der Waals surface area contributed by atoms with E-state index in [2.05, 4.69) is 34.1 Å². The Morgan fingerprint density at radius 1 is 1.38 bits per heavy atom. The molecular weight excluding hydrogens is 322 g/mol. The quantitative estimate of drug-likeness (QED) is 0.899. The summed E-state index contributed by atoms with van der Waals surface area (Å²) in [6.07, 6.45) is 8.01. The molecule has 0 bridgehead atoms. The molecule has 3 rings (SSSR count). The Kier molecular flexibility index (Phi) is 5.40. The van der Waals surface area contributed by atoms with E-state index in [4.69, 9.17) is 0 Å². The van der Waals surface area contributed by atoms with Gasteiger partial charge in [0.25, 0.3) is 0 Å². The van der Waals surface area contributed by atoms with Crippen molar-refractivity contribution in [1.82, 2.24) is 19.9 Å². The van der Waals surface area contributed by atoms with Crippen molar-refractivity contribution in [2.45, 2.75) is 39.0 Å². The summed E-state index contributed by atoms with van der Waals surface area (Å²) in [5.41, 5.74) is 0.960. The van der Waals surface area contributed by atoms with Gasteiger partial charge in [-0.1, -0.05) is 13.8 Å². The van der Waals surface area contributed by atoms with Gasteiger partial charge in [0.1, 0.15) is 0 Å². The minimum Gasteiger partial charge on any atom is -0.342 e. The number of piperidine rings is 1. The Morgan fingerprint density at radius 3 is 2.92 bits per heavy atom. The van der Waals surface area contributed by atoms with Crippen LogP contribution in [0.15, 0.2) is 24.0 Å². The van der Waals surface area contributed by atoms with E-state index in [9.17, 15) is 4.79 Å². The third kappa shape index (κ3) is 4.29. The van der Waals surface area contributed by atoms with Crippen LogP contribution in [0.3, 0.4) is 0 Å². The number of likely N-dealkylation sites (tertiary alicyclic amines) is 1. The minimum absolute atomic E-state index is 0.254. The summed E-state index contributed by atoms with van der Waals surface area (Å²) < 4.78 is 0. The zero-order valence-electron chi connectivity index (χ0n) is 14.1. The van der Waals surface area contributed by atoms with Crippen LogP contribution >= 0.6 is 11.3 Å². The monoisotopic (exact) mass is 345 g/mol. The summed E-state index contributed by atoms with van der Waals surface area (Å²) in [6.45, 7) is 5.77. The number of nitrogens with zero attached hydrogens (tertiary/aromatic N) is 4. The van der Waals surface area contributed by atoms with Crippen LogP contribution in [0.1, 0.15) is 44.7 Å². The van der Waals surface area contributed by atoms with Gasteiger partial charge in [-0.05, 0) is 18.8 Å². The number of hydrogen-bond acceptors (Lipinski definition) is 6. The molecular formula is C17H23N5OS. The third-order valence-electron chi connectivity index (χ3n) is 4.11. The first kappa shape index (κ1) is 16.8. The lowest BCUT2D eigenvalue weighted by Gasteiger charge is -2.33. The van der Waals surface area contributed by atoms with Gasteiger partial charge in [-0.25, -0.2) is 9.97 Å². The molecule has 0 spiro atoms. The smallest absolute Gasteiger partial charge is 0.222 e. The second-order valence-electron chi connectivity index (χ2n) is 6.57. The van der Waals surface area contributed by atoms with E-state index < -0.39 is 0 Å². The van der Waals surface area contributed by atoms with Gasteiger partial charge in [-0.3, -0.25) is 9.78 Å². The van der Waals surface area contributed by atoms with E-state index in [1.807, 2.05) is 16.5 Å². The molecule has 2 aromatic rings. The highest BCUT2D eigenvalue weighted by atomic mass is 32.1. The normalized spacial score (nSPS) is 18.0. The lowest BCUT2D eigenvalue weighted by Crippen LogP contribution is -2.39. The van der Waals surface area contributed by atoms with Crippen LogP contribution in [0.25, 0.3) is 0 Å². The molecule has 1 N–H and O–H groups in total. The largest absolute Gasteiger partial charge is 0.342 e. The number of anilines is 2. The van der Waals surface area contributed by atoms with E-state index in [0.717, 1.165) is 36.8 Å². The van der Waals surface area contributed by atoms with Crippen LogP contribution in [0.5, 0.6) is 0 Å². The van der Waals surface area contributed by atoms with Crippen LogP contribution in [0, 0.1) is 5.92 Å². The molecule has 0 saturated carbocycles. The van der Waals surface area contributed by atoms with Crippen LogP contribution in [0.4, 0.5) is 10.9 Å². The maximum Gasteiger partial charge on any atom is 0.222 e. The van der Waals surface area contributed by atoms with Crippen molar-refractivity contribution in [1.29, 1.82) is 0 Å². The molecule has 6 nitrogen and oxygen atoms in total. The maximum absolute atomic E-state index is 12.3. The number of rotatable bonds is 5. The average molecular weight is 345 g/mol. The number of thiazole rings is 1. The highest BCUT2D eigenvalue weighted by Gasteiger charge is 2.26. The fourth-order valence-corrected chi connectivity index (χ4v) is 3.47. The van der Waals surface area contributed by atoms with E-state index in [0.29, 0.717) is 18.2 Å². The van der Waals surface area contributed by atoms with Crippen molar-refractivity contribution >= 4 is 28.2 Å². The lowest BCUT2D eigenvalue weighted by molar-refractivity contribution is -0.133. The SMILES string of the molecule is CC(C)CC(=O)N1CCCC(c2cnc(Nc3nccs3)cn2)C1. The first-order valence-corrected chi connectivity index (χ1v) is 9.26. The van der Waals surface area contributed by atoms with Gasteiger partial charge in [0.15, 0.2) is 10.9 Å². The van der Waals surface area contributed by atoms with Crippen molar-refractivity contribution in [2.75, 3.05) is 18.4 Å². The van der Waals surface area contributed by atoms with Gasteiger partial charge in [0, 0.05) is 37.0 Å². The van der Waals surface area contributed by atoms with Crippen molar-refractivity contribution in [3.63, 3.8) is 0 Å². The van der Waals surface area contributed by atoms with Gasteiger partial charge >= 0.3 is 0 Å². The molecule has 24 heavy (non-hydrogen) atoms. The standard InChI is InChI=1S/C17H23N5OS/c1-12(2)8-16(23)22-6-3-4-13(11-22)14-9-20-15(10-19-14)21-17-18-5-7-24-17/h5,7,9-10,12-13H,3-4,6,8,11H2,1-2H3,(H,18,20,21). The summed E-state index contributed by atoms with van der Waals surface area (Å²) >= 11 is 1.52. The van der Waals surface area contributed by atoms with Gasteiger partial charge in [-0.2, -0.15) is 0 Å². The molecule has 1 fully saturated rings. The van der Waals surface area contributed by atoms with Crippen molar-refractivity contribution in [3.05, 3.63) is 29.7 Å². The molecule has 1 atom stereocenters. The van der Waals surface area contributed by atoms with Crippen molar-refractivity contribution < 1.29 is 4.79 Å². The molecule has 1 aliphatic heterocycles. The van der Waals surface area contributed by atoms with Gasteiger partial charge in [0.05, 0.1) is 18.1 Å². The van der Waals surface area contributed by atoms with Crippen molar-refractivity contribution in [2.24, 2.45) is 5.92 Å². The van der Waals surface area contributed by atoms with Gasteiger partial charge in [-0.15, -0.1) is 11.3 Å². The number of aromatic nitrogens is 3. The van der Waals surface area contributed by atoms with E-state index in [1.54, 1.807) is 12.4 Å². The fourth-order valence-electron chi connectivity index (χ4n) is 2.93. The Labute approximate surface area is 146 Å². The number of hydrogen-bond donors (Lipinski definition) is 1. The summed E-state index contributed by atoms with van der Waals surface area (Å²) in [7, 11) is 0. The summed E-state index contributed by atoms with van der Waals surface area (Å²) in [5, 5.41) is 5.85. The topological polar surface area (TPSA) is 71.0 Å². The number of carbonyl (C=O) groups is 1. The molecule has 1 aliphatic rings. The molecule has 1 amide bonds. The molecule has 0 radical (unpaired) electrons. The summed E-state index contributed by atoms with van der Waals surface area (Å²) in [4.78, 5) is 27.4. The first-order chi connectivity index (χ1) is 11.6. The minimum atomic E-state index is 0.254. The van der Waals surface area contributed by atoms with E-state index in [-0.39, 0.29) is 11.8 Å². The second-order valence-corrected chi connectivity index (χ2v) is 7.46. The third-order valence-corrected chi connectivity index (χ3v) is 4.80. The molecule has 128 valence electrons. The highest BCUT2D eigenvalue weighted by Crippen LogP contribution is 2.26. The molecule has 7 heteroatoms.